The summed E-state index contributed by atoms with van der Waals surface area (Å²) < 4.78 is 5.46. The molecule has 0 aromatic heterocycles. The molecule has 0 amide bonds. The maximum absolute atomic E-state index is 11.8. The van der Waals surface area contributed by atoms with Crippen LogP contribution in [0.3, 0.4) is 0 Å². The van der Waals surface area contributed by atoms with E-state index in [1.54, 1.807) is 26.0 Å². The number of anilines is 1. The van der Waals surface area contributed by atoms with Crippen molar-refractivity contribution in [1.29, 1.82) is 0 Å². The Morgan fingerprint density at radius 3 is 2.71 bits per heavy atom. The average molecular weight is 212 g/mol. The van der Waals surface area contributed by atoms with Gasteiger partial charge in [-0.25, -0.2) is 0 Å². The first kappa shape index (κ1) is 9.34. The van der Waals surface area contributed by atoms with E-state index in [-0.39, 0.29) is 5.78 Å². The van der Waals surface area contributed by atoms with Crippen LogP contribution in [0.15, 0.2) is 12.1 Å². The summed E-state index contributed by atoms with van der Waals surface area (Å²) in [5, 5.41) is 0.455. The predicted octanol–water partition coefficient (Wildman–Crippen LogP) is 2.28. The van der Waals surface area contributed by atoms with Gasteiger partial charge in [0.25, 0.3) is 0 Å². The van der Waals surface area contributed by atoms with E-state index in [4.69, 9.17) is 22.1 Å². The van der Waals surface area contributed by atoms with E-state index >= 15 is 0 Å². The third kappa shape index (κ3) is 1.16. The highest BCUT2D eigenvalue weighted by Crippen LogP contribution is 2.40. The first-order valence-corrected chi connectivity index (χ1v) is 4.62. The fraction of sp³-hybridized carbons (Fsp3) is 0.300. The minimum Gasteiger partial charge on any atom is -0.477 e. The fourth-order valence-corrected chi connectivity index (χ4v) is 1.75. The molecule has 2 rings (SSSR count). The molecule has 4 heteroatoms. The highest BCUT2D eigenvalue weighted by molar-refractivity contribution is 6.31. The summed E-state index contributed by atoms with van der Waals surface area (Å²) in [4.78, 5) is 11.8. The zero-order chi connectivity index (χ0) is 10.5. The van der Waals surface area contributed by atoms with E-state index in [9.17, 15) is 4.79 Å². The number of Topliss-reactive ketones (excluding diaryl/α,β-unsaturated/α-hetero) is 1. The second kappa shape index (κ2) is 2.64. The lowest BCUT2D eigenvalue weighted by Crippen LogP contribution is -2.32. The van der Waals surface area contributed by atoms with E-state index < -0.39 is 5.60 Å². The molecule has 1 aromatic carbocycles. The molecule has 1 aliphatic rings. The number of hydrogen-bond acceptors (Lipinski definition) is 3. The Bertz CT molecular complexity index is 426. The zero-order valence-corrected chi connectivity index (χ0v) is 8.68. The Balaban J connectivity index is 2.65. The van der Waals surface area contributed by atoms with E-state index in [0.717, 1.165) is 0 Å². The van der Waals surface area contributed by atoms with Crippen LogP contribution in [0.4, 0.5) is 5.69 Å². The number of ether oxygens (including phenoxy) is 1. The van der Waals surface area contributed by atoms with E-state index in [1.165, 1.54) is 0 Å². The summed E-state index contributed by atoms with van der Waals surface area (Å²) in [6, 6.07) is 3.17. The Hall–Kier alpha value is -1.22. The van der Waals surface area contributed by atoms with Crippen LogP contribution >= 0.6 is 11.6 Å². The van der Waals surface area contributed by atoms with Crippen molar-refractivity contribution in [2.45, 2.75) is 19.4 Å². The van der Waals surface area contributed by atoms with Crippen LogP contribution in [-0.2, 0) is 0 Å². The van der Waals surface area contributed by atoms with Gasteiger partial charge in [0.1, 0.15) is 0 Å². The van der Waals surface area contributed by atoms with Crippen LogP contribution in [0, 0.1) is 0 Å². The Morgan fingerprint density at radius 1 is 1.43 bits per heavy atom. The number of rotatable bonds is 0. The van der Waals surface area contributed by atoms with Gasteiger partial charge in [-0.1, -0.05) is 11.6 Å². The topological polar surface area (TPSA) is 52.3 Å². The SMILES string of the molecule is CC1(C)Oc2c(N)cc(Cl)cc2C1=O. The number of fused-ring (bicyclic) bond motifs is 1. The molecule has 3 nitrogen and oxygen atoms in total. The molecule has 1 aromatic rings. The van der Waals surface area contributed by atoms with Gasteiger partial charge in [-0.15, -0.1) is 0 Å². The summed E-state index contributed by atoms with van der Waals surface area (Å²) in [7, 11) is 0. The first-order chi connectivity index (χ1) is 6.42. The minimum absolute atomic E-state index is 0.0818. The molecule has 74 valence electrons. The van der Waals surface area contributed by atoms with Crippen LogP contribution in [-0.4, -0.2) is 11.4 Å². The van der Waals surface area contributed by atoms with Crippen LogP contribution in [0.1, 0.15) is 24.2 Å². The number of hydrogen-bond donors (Lipinski definition) is 1. The third-order valence-electron chi connectivity index (χ3n) is 2.23. The number of halogens is 1. The monoisotopic (exact) mass is 211 g/mol. The van der Waals surface area contributed by atoms with Crippen molar-refractivity contribution in [3.8, 4) is 5.75 Å². The molecule has 0 saturated carbocycles. The first-order valence-electron chi connectivity index (χ1n) is 4.24. The molecular weight excluding hydrogens is 202 g/mol. The molecule has 2 N–H and O–H groups in total. The standard InChI is InChI=1S/C10H10ClNO2/c1-10(2)9(13)6-3-5(11)4-7(12)8(6)14-10/h3-4H,12H2,1-2H3. The molecule has 14 heavy (non-hydrogen) atoms. The number of carbonyl (C=O) groups is 1. The van der Waals surface area contributed by atoms with Crippen LogP contribution in [0.2, 0.25) is 5.02 Å². The largest absolute Gasteiger partial charge is 0.477 e. The molecular formula is C10H10ClNO2. The molecule has 0 bridgehead atoms. The molecule has 0 unspecified atom stereocenters. The maximum Gasteiger partial charge on any atom is 0.209 e. The van der Waals surface area contributed by atoms with Gasteiger partial charge in [0.15, 0.2) is 11.4 Å². The average Bonchev–Trinajstić information content (AvgIpc) is 2.28. The Morgan fingerprint density at radius 2 is 2.07 bits per heavy atom. The number of ketones is 1. The Labute approximate surface area is 86.8 Å². The molecule has 0 atom stereocenters. The van der Waals surface area contributed by atoms with Crippen molar-refractivity contribution in [3.63, 3.8) is 0 Å². The second-order valence-corrected chi connectivity index (χ2v) is 4.25. The smallest absolute Gasteiger partial charge is 0.209 e. The second-order valence-electron chi connectivity index (χ2n) is 3.81. The van der Waals surface area contributed by atoms with Gasteiger partial charge in [0.2, 0.25) is 5.78 Å². The Kier molecular flexibility index (Phi) is 1.76. The van der Waals surface area contributed by atoms with Gasteiger partial charge in [-0.2, -0.15) is 0 Å². The summed E-state index contributed by atoms with van der Waals surface area (Å²) in [6.45, 7) is 3.42. The zero-order valence-electron chi connectivity index (χ0n) is 7.93. The number of benzene rings is 1. The van der Waals surface area contributed by atoms with Gasteiger partial charge >= 0.3 is 0 Å². The predicted molar refractivity (Wildman–Crippen MR) is 54.9 cm³/mol. The third-order valence-corrected chi connectivity index (χ3v) is 2.45. The van der Waals surface area contributed by atoms with Crippen molar-refractivity contribution < 1.29 is 9.53 Å². The fourth-order valence-electron chi connectivity index (χ4n) is 1.52. The maximum atomic E-state index is 11.8. The van der Waals surface area contributed by atoms with Crippen LogP contribution in [0.25, 0.3) is 0 Å². The lowest BCUT2D eigenvalue weighted by molar-refractivity contribution is 0.0686. The molecule has 1 heterocycles. The molecule has 0 radical (unpaired) electrons. The number of nitrogen functional groups attached to an aromatic ring is 1. The summed E-state index contributed by atoms with van der Waals surface area (Å²) in [5.74, 6) is 0.367. The number of nitrogens with two attached hydrogens (primary N) is 1. The summed E-state index contributed by atoms with van der Waals surface area (Å²) in [5.41, 5.74) is 5.74. The van der Waals surface area contributed by atoms with E-state index in [1.807, 2.05) is 0 Å². The normalized spacial score (nSPS) is 17.8. The lowest BCUT2D eigenvalue weighted by Gasteiger charge is -2.15. The van der Waals surface area contributed by atoms with E-state index in [0.29, 0.717) is 22.0 Å². The molecule has 0 spiro atoms. The highest BCUT2D eigenvalue weighted by atomic mass is 35.5. The van der Waals surface area contributed by atoms with Gasteiger partial charge in [0.05, 0.1) is 11.3 Å². The molecule has 0 saturated heterocycles. The van der Waals surface area contributed by atoms with Gasteiger partial charge in [-0.3, -0.25) is 4.79 Å². The molecule has 1 aliphatic heterocycles. The van der Waals surface area contributed by atoms with Crippen molar-refractivity contribution in [1.82, 2.24) is 0 Å². The minimum atomic E-state index is -0.832. The molecule has 0 aliphatic carbocycles. The van der Waals surface area contributed by atoms with E-state index in [2.05, 4.69) is 0 Å². The van der Waals surface area contributed by atoms with Gasteiger partial charge < -0.3 is 10.5 Å². The van der Waals surface area contributed by atoms with Gasteiger partial charge in [-0.05, 0) is 26.0 Å². The summed E-state index contributed by atoms with van der Waals surface area (Å²) >= 11 is 5.80. The summed E-state index contributed by atoms with van der Waals surface area (Å²) in [6.07, 6.45) is 0. The quantitative estimate of drug-likeness (QED) is 0.670. The van der Waals surface area contributed by atoms with Crippen molar-refractivity contribution in [2.24, 2.45) is 0 Å². The van der Waals surface area contributed by atoms with Crippen molar-refractivity contribution in [3.05, 3.63) is 22.7 Å². The van der Waals surface area contributed by atoms with Crippen molar-refractivity contribution >= 4 is 23.1 Å². The molecule has 0 fully saturated rings. The highest BCUT2D eigenvalue weighted by Gasteiger charge is 2.40. The lowest BCUT2D eigenvalue weighted by atomic mass is 10.00. The van der Waals surface area contributed by atoms with Crippen LogP contribution in [0.5, 0.6) is 5.75 Å². The van der Waals surface area contributed by atoms with Crippen LogP contribution < -0.4 is 10.5 Å². The number of carbonyl (C=O) groups excluding carboxylic acids is 1. The van der Waals surface area contributed by atoms with Crippen molar-refractivity contribution in [2.75, 3.05) is 5.73 Å². The van der Waals surface area contributed by atoms with Gasteiger partial charge in [0, 0.05) is 5.02 Å².